The molecule has 1 aromatic carbocycles. The topological polar surface area (TPSA) is 74.2 Å². The number of amides is 1. The van der Waals surface area contributed by atoms with Crippen molar-refractivity contribution in [1.82, 2.24) is 19.9 Å². The Morgan fingerprint density at radius 2 is 1.74 bits per heavy atom. The van der Waals surface area contributed by atoms with Gasteiger partial charge in [-0.3, -0.25) is 4.79 Å². The number of halogens is 1. The van der Waals surface area contributed by atoms with Gasteiger partial charge < -0.3 is 15.1 Å². The van der Waals surface area contributed by atoms with E-state index in [9.17, 15) is 9.18 Å². The van der Waals surface area contributed by atoms with E-state index in [0.29, 0.717) is 37.6 Å². The molecule has 3 aromatic heterocycles. The molecule has 0 unspecified atom stereocenters. The fraction of sp³-hybridized carbons (Fsp3) is 0.182. The monoisotopic (exact) mass is 434 g/mol. The lowest BCUT2D eigenvalue weighted by molar-refractivity contribution is 0.0747. The number of carbonyl (C=O) groups is 1. The van der Waals surface area contributed by atoms with Crippen molar-refractivity contribution in [3.05, 3.63) is 72.3 Å². The summed E-state index contributed by atoms with van der Waals surface area (Å²) < 4.78 is 14.0. The largest absolute Gasteiger partial charge is 0.344 e. The average molecular weight is 435 g/mol. The van der Waals surface area contributed by atoms with Gasteiger partial charge in [-0.05, 0) is 36.4 Å². The zero-order valence-corrected chi connectivity index (χ0v) is 17.3. The zero-order valence-electron chi connectivity index (χ0n) is 16.5. The molecular formula is C22H19FN6OS. The first-order chi connectivity index (χ1) is 15.2. The van der Waals surface area contributed by atoms with Crippen LogP contribution in [0, 0.1) is 5.82 Å². The second-order valence-electron chi connectivity index (χ2n) is 7.11. The summed E-state index contributed by atoms with van der Waals surface area (Å²) in [6.07, 6.45) is 3.35. The summed E-state index contributed by atoms with van der Waals surface area (Å²) in [7, 11) is 0. The fourth-order valence-electron chi connectivity index (χ4n) is 3.53. The number of hydrogen-bond donors (Lipinski definition) is 1. The van der Waals surface area contributed by atoms with Crippen LogP contribution in [0.15, 0.2) is 60.9 Å². The number of hydrogen-bond acceptors (Lipinski definition) is 7. The first kappa shape index (κ1) is 19.4. The van der Waals surface area contributed by atoms with Gasteiger partial charge in [0.2, 0.25) is 0 Å². The third-order valence-corrected chi connectivity index (χ3v) is 6.20. The lowest BCUT2D eigenvalue weighted by atomic mass is 10.2. The maximum Gasteiger partial charge on any atom is 0.257 e. The van der Waals surface area contributed by atoms with E-state index in [1.807, 2.05) is 12.1 Å². The van der Waals surface area contributed by atoms with Gasteiger partial charge in [-0.15, -0.1) is 0 Å². The van der Waals surface area contributed by atoms with E-state index < -0.39 is 5.82 Å². The number of piperazine rings is 1. The molecule has 7 nitrogen and oxygen atoms in total. The van der Waals surface area contributed by atoms with Crippen LogP contribution in [-0.4, -0.2) is 51.9 Å². The molecule has 1 fully saturated rings. The van der Waals surface area contributed by atoms with Crippen LogP contribution in [-0.2, 0) is 0 Å². The number of nitrogens with zero attached hydrogens (tertiary/aromatic N) is 5. The molecule has 5 rings (SSSR count). The molecule has 4 heterocycles. The molecule has 0 aliphatic carbocycles. The molecule has 4 aromatic rings. The molecule has 1 saturated heterocycles. The Morgan fingerprint density at radius 3 is 2.55 bits per heavy atom. The number of nitrogens with one attached hydrogen (secondary N) is 1. The van der Waals surface area contributed by atoms with E-state index in [-0.39, 0.29) is 11.6 Å². The van der Waals surface area contributed by atoms with Crippen LogP contribution < -0.4 is 10.2 Å². The predicted octanol–water partition coefficient (Wildman–Crippen LogP) is 3.93. The van der Waals surface area contributed by atoms with Crippen molar-refractivity contribution in [3.63, 3.8) is 0 Å². The summed E-state index contributed by atoms with van der Waals surface area (Å²) in [4.78, 5) is 31.4. The number of fused-ring (bicyclic) bond motifs is 1. The molecule has 0 spiro atoms. The summed E-state index contributed by atoms with van der Waals surface area (Å²) >= 11 is 1.56. The third-order valence-electron chi connectivity index (χ3n) is 5.16. The first-order valence-corrected chi connectivity index (χ1v) is 10.7. The molecule has 1 amide bonds. The maximum absolute atomic E-state index is 14.0. The van der Waals surface area contributed by atoms with Crippen LogP contribution in [0.5, 0.6) is 0 Å². The normalized spacial score (nSPS) is 14.1. The lowest BCUT2D eigenvalue weighted by Gasteiger charge is -2.34. The maximum atomic E-state index is 14.0. The van der Waals surface area contributed by atoms with Crippen molar-refractivity contribution in [2.75, 3.05) is 36.4 Å². The molecule has 0 saturated carbocycles. The summed E-state index contributed by atoms with van der Waals surface area (Å²) in [5.41, 5.74) is 1.59. The van der Waals surface area contributed by atoms with Crippen molar-refractivity contribution in [2.24, 2.45) is 0 Å². The van der Waals surface area contributed by atoms with E-state index in [4.69, 9.17) is 0 Å². The molecule has 1 aliphatic heterocycles. The molecule has 0 bridgehead atoms. The highest BCUT2D eigenvalue weighted by atomic mass is 32.1. The standard InChI is InChI=1S/C22H19FN6OS/c23-16-6-1-2-7-17(16)26-19-15(5-3-9-24-19)21(30)28-11-13-29(14-12-28)22-27-18-8-4-10-25-20(18)31-22/h1-10H,11-14H2,(H,24,26). The Labute approximate surface area is 182 Å². The Kier molecular flexibility index (Phi) is 5.17. The highest BCUT2D eigenvalue weighted by molar-refractivity contribution is 7.21. The summed E-state index contributed by atoms with van der Waals surface area (Å²) in [6, 6.07) is 13.6. The number of thiazole rings is 1. The fourth-order valence-corrected chi connectivity index (χ4v) is 4.49. The number of benzene rings is 1. The predicted molar refractivity (Wildman–Crippen MR) is 119 cm³/mol. The van der Waals surface area contributed by atoms with Crippen molar-refractivity contribution < 1.29 is 9.18 Å². The second kappa shape index (κ2) is 8.27. The Hall–Kier alpha value is -3.59. The van der Waals surface area contributed by atoms with Gasteiger partial charge in [0.15, 0.2) is 5.13 Å². The van der Waals surface area contributed by atoms with Crippen LogP contribution in [0.1, 0.15) is 10.4 Å². The van der Waals surface area contributed by atoms with Crippen LogP contribution in [0.25, 0.3) is 10.3 Å². The third kappa shape index (κ3) is 3.91. The molecule has 31 heavy (non-hydrogen) atoms. The van der Waals surface area contributed by atoms with Gasteiger partial charge in [0.25, 0.3) is 5.91 Å². The zero-order chi connectivity index (χ0) is 21.2. The van der Waals surface area contributed by atoms with E-state index in [0.717, 1.165) is 15.5 Å². The number of aromatic nitrogens is 3. The molecular weight excluding hydrogens is 415 g/mol. The molecule has 0 radical (unpaired) electrons. The van der Waals surface area contributed by atoms with Crippen molar-refractivity contribution >= 4 is 44.2 Å². The highest BCUT2D eigenvalue weighted by Crippen LogP contribution is 2.28. The second-order valence-corrected chi connectivity index (χ2v) is 8.06. The number of para-hydroxylation sites is 1. The van der Waals surface area contributed by atoms with Crippen LogP contribution >= 0.6 is 11.3 Å². The van der Waals surface area contributed by atoms with Gasteiger partial charge in [-0.1, -0.05) is 23.5 Å². The first-order valence-electron chi connectivity index (χ1n) is 9.91. The van der Waals surface area contributed by atoms with Gasteiger partial charge in [0.1, 0.15) is 22.0 Å². The number of pyridine rings is 2. The minimum atomic E-state index is -0.398. The van der Waals surface area contributed by atoms with Gasteiger partial charge in [0, 0.05) is 38.6 Å². The van der Waals surface area contributed by atoms with Gasteiger partial charge in [-0.2, -0.15) is 0 Å². The van der Waals surface area contributed by atoms with Gasteiger partial charge in [0.05, 0.1) is 11.3 Å². The SMILES string of the molecule is O=C(c1cccnc1Nc1ccccc1F)N1CCN(c2nc3cccnc3s2)CC1. The quantitative estimate of drug-likeness (QED) is 0.525. The molecule has 1 N–H and O–H groups in total. The Bertz CT molecular complexity index is 1200. The van der Waals surface area contributed by atoms with Crippen LogP contribution in [0.4, 0.5) is 21.0 Å². The van der Waals surface area contributed by atoms with E-state index in [1.54, 1.807) is 59.0 Å². The van der Waals surface area contributed by atoms with Crippen LogP contribution in [0.3, 0.4) is 0 Å². The number of carbonyl (C=O) groups excluding carboxylic acids is 1. The van der Waals surface area contributed by atoms with Crippen molar-refractivity contribution in [2.45, 2.75) is 0 Å². The van der Waals surface area contributed by atoms with E-state index in [2.05, 4.69) is 25.2 Å². The van der Waals surface area contributed by atoms with E-state index in [1.165, 1.54) is 6.07 Å². The summed E-state index contributed by atoms with van der Waals surface area (Å²) in [5.74, 6) is -0.180. The van der Waals surface area contributed by atoms with Crippen LogP contribution in [0.2, 0.25) is 0 Å². The minimum Gasteiger partial charge on any atom is -0.344 e. The average Bonchev–Trinajstić information content (AvgIpc) is 3.25. The molecule has 156 valence electrons. The van der Waals surface area contributed by atoms with E-state index >= 15 is 0 Å². The smallest absolute Gasteiger partial charge is 0.257 e. The molecule has 1 aliphatic rings. The molecule has 0 atom stereocenters. The number of rotatable bonds is 4. The summed E-state index contributed by atoms with van der Waals surface area (Å²) in [6.45, 7) is 2.50. The Morgan fingerprint density at radius 1 is 0.968 bits per heavy atom. The van der Waals surface area contributed by atoms with Crippen molar-refractivity contribution in [1.29, 1.82) is 0 Å². The number of anilines is 3. The minimum absolute atomic E-state index is 0.127. The van der Waals surface area contributed by atoms with Crippen molar-refractivity contribution in [3.8, 4) is 0 Å². The summed E-state index contributed by atoms with van der Waals surface area (Å²) in [5, 5.41) is 3.87. The van der Waals surface area contributed by atoms with Gasteiger partial charge >= 0.3 is 0 Å². The Balaban J connectivity index is 1.30. The lowest BCUT2D eigenvalue weighted by Crippen LogP contribution is -2.48. The highest BCUT2D eigenvalue weighted by Gasteiger charge is 2.26. The molecule has 9 heteroatoms. The van der Waals surface area contributed by atoms with Gasteiger partial charge in [-0.25, -0.2) is 19.3 Å².